The van der Waals surface area contributed by atoms with E-state index in [2.05, 4.69) is 0 Å². The predicted molar refractivity (Wildman–Crippen MR) is 84.7 cm³/mol. The number of benzene rings is 1. The van der Waals surface area contributed by atoms with Crippen molar-refractivity contribution in [3.8, 4) is 5.75 Å². The molecule has 2 saturated heterocycles. The van der Waals surface area contributed by atoms with E-state index in [-0.39, 0.29) is 17.6 Å². The Hall–Kier alpha value is -1.62. The van der Waals surface area contributed by atoms with Crippen molar-refractivity contribution >= 4 is 5.91 Å². The zero-order chi connectivity index (χ0) is 16.1. The van der Waals surface area contributed by atoms with Crippen LogP contribution in [0.4, 0.5) is 4.39 Å². The molecule has 0 N–H and O–H groups in total. The molecule has 0 aromatic heterocycles. The Morgan fingerprint density at radius 3 is 2.83 bits per heavy atom. The van der Waals surface area contributed by atoms with Crippen molar-refractivity contribution in [3.63, 3.8) is 0 Å². The number of amides is 1. The first-order valence-corrected chi connectivity index (χ1v) is 8.48. The highest BCUT2D eigenvalue weighted by atomic mass is 19.1. The normalized spacial score (nSPS) is 22.3. The molecule has 1 amide bonds. The Morgan fingerprint density at radius 2 is 2.04 bits per heavy atom. The van der Waals surface area contributed by atoms with Gasteiger partial charge in [-0.15, -0.1) is 0 Å². The van der Waals surface area contributed by atoms with Gasteiger partial charge in [0.1, 0.15) is 0 Å². The summed E-state index contributed by atoms with van der Waals surface area (Å²) in [5.41, 5.74) is 0. The SMILES string of the molecule is O=C(C1CCOCC1)N1CCC(CCOc2ccccc2F)C1. The number of para-hydroxylation sites is 1. The molecule has 4 nitrogen and oxygen atoms in total. The summed E-state index contributed by atoms with van der Waals surface area (Å²) in [6.07, 6.45) is 3.55. The number of nitrogens with zero attached hydrogens (tertiary/aromatic N) is 1. The maximum absolute atomic E-state index is 13.5. The summed E-state index contributed by atoms with van der Waals surface area (Å²) >= 11 is 0. The van der Waals surface area contributed by atoms with Crippen molar-refractivity contribution in [1.82, 2.24) is 4.90 Å². The topological polar surface area (TPSA) is 38.8 Å². The van der Waals surface area contributed by atoms with Crippen molar-refractivity contribution in [2.75, 3.05) is 32.9 Å². The molecule has 0 bridgehead atoms. The number of halogens is 1. The lowest BCUT2D eigenvalue weighted by molar-refractivity contribution is -0.137. The lowest BCUT2D eigenvalue weighted by Gasteiger charge is -2.26. The van der Waals surface area contributed by atoms with Crippen molar-refractivity contribution in [3.05, 3.63) is 30.1 Å². The minimum Gasteiger partial charge on any atom is -0.491 e. The third-order valence-electron chi connectivity index (χ3n) is 4.79. The van der Waals surface area contributed by atoms with Gasteiger partial charge in [0.05, 0.1) is 6.61 Å². The Kier molecular flexibility index (Phi) is 5.49. The summed E-state index contributed by atoms with van der Waals surface area (Å²) in [4.78, 5) is 14.5. The van der Waals surface area contributed by atoms with Gasteiger partial charge in [0.2, 0.25) is 5.91 Å². The summed E-state index contributed by atoms with van der Waals surface area (Å²) in [5.74, 6) is 0.851. The predicted octanol–water partition coefficient (Wildman–Crippen LogP) is 2.87. The number of ether oxygens (including phenoxy) is 2. The molecule has 1 atom stereocenters. The van der Waals surface area contributed by atoms with Crippen molar-refractivity contribution in [2.45, 2.75) is 25.7 Å². The minimum absolute atomic E-state index is 0.136. The van der Waals surface area contributed by atoms with Crippen LogP contribution in [0.3, 0.4) is 0 Å². The molecular weight excluding hydrogens is 297 g/mol. The molecule has 1 unspecified atom stereocenters. The van der Waals surface area contributed by atoms with E-state index in [0.717, 1.165) is 38.8 Å². The third-order valence-corrected chi connectivity index (χ3v) is 4.79. The van der Waals surface area contributed by atoms with E-state index in [1.54, 1.807) is 18.2 Å². The van der Waals surface area contributed by atoms with Gasteiger partial charge in [0.15, 0.2) is 11.6 Å². The van der Waals surface area contributed by atoms with Crippen LogP contribution in [0.25, 0.3) is 0 Å². The summed E-state index contributed by atoms with van der Waals surface area (Å²) < 4.78 is 24.3. The van der Waals surface area contributed by atoms with Gasteiger partial charge in [-0.05, 0) is 43.7 Å². The van der Waals surface area contributed by atoms with E-state index >= 15 is 0 Å². The van der Waals surface area contributed by atoms with Crippen LogP contribution >= 0.6 is 0 Å². The molecule has 0 aliphatic carbocycles. The molecule has 23 heavy (non-hydrogen) atoms. The van der Waals surface area contributed by atoms with E-state index < -0.39 is 0 Å². The maximum atomic E-state index is 13.5. The van der Waals surface area contributed by atoms with Crippen LogP contribution in [0, 0.1) is 17.7 Å². The van der Waals surface area contributed by atoms with Gasteiger partial charge in [0, 0.05) is 32.2 Å². The molecule has 2 aliphatic heterocycles. The molecule has 126 valence electrons. The number of hydrogen-bond donors (Lipinski definition) is 0. The highest BCUT2D eigenvalue weighted by Gasteiger charge is 2.31. The molecular formula is C18H24FNO3. The Balaban J connectivity index is 1.41. The second kappa shape index (κ2) is 7.77. The van der Waals surface area contributed by atoms with Crippen molar-refractivity contribution < 1.29 is 18.7 Å². The van der Waals surface area contributed by atoms with E-state index in [4.69, 9.17) is 9.47 Å². The molecule has 0 spiro atoms. The maximum Gasteiger partial charge on any atom is 0.225 e. The van der Waals surface area contributed by atoms with Crippen molar-refractivity contribution in [1.29, 1.82) is 0 Å². The number of likely N-dealkylation sites (tertiary alicyclic amines) is 1. The summed E-state index contributed by atoms with van der Waals surface area (Å²) in [5, 5.41) is 0. The highest BCUT2D eigenvalue weighted by molar-refractivity contribution is 5.79. The highest BCUT2D eigenvalue weighted by Crippen LogP contribution is 2.25. The molecule has 1 aromatic rings. The Labute approximate surface area is 136 Å². The second-order valence-corrected chi connectivity index (χ2v) is 6.39. The average Bonchev–Trinajstić information content (AvgIpc) is 3.06. The first-order chi connectivity index (χ1) is 11.2. The second-order valence-electron chi connectivity index (χ2n) is 6.39. The molecule has 1 aromatic carbocycles. The van der Waals surface area contributed by atoms with E-state index in [0.29, 0.717) is 31.5 Å². The average molecular weight is 321 g/mol. The molecule has 5 heteroatoms. The van der Waals surface area contributed by atoms with E-state index in [9.17, 15) is 9.18 Å². The summed E-state index contributed by atoms with van der Waals surface area (Å²) in [6, 6.07) is 6.46. The standard InChI is InChI=1S/C18H24FNO3/c19-16-3-1-2-4-17(16)23-12-6-14-5-9-20(13-14)18(21)15-7-10-22-11-8-15/h1-4,14-15H,5-13H2. The monoisotopic (exact) mass is 321 g/mol. The fraction of sp³-hybridized carbons (Fsp3) is 0.611. The number of carbonyl (C=O) groups excluding carboxylic acids is 1. The van der Waals surface area contributed by atoms with Gasteiger partial charge in [-0.2, -0.15) is 0 Å². The van der Waals surface area contributed by atoms with Crippen LogP contribution in [0.5, 0.6) is 5.75 Å². The summed E-state index contributed by atoms with van der Waals surface area (Å²) in [7, 11) is 0. The zero-order valence-electron chi connectivity index (χ0n) is 13.4. The fourth-order valence-electron chi connectivity index (χ4n) is 3.37. The van der Waals surface area contributed by atoms with Gasteiger partial charge < -0.3 is 14.4 Å². The van der Waals surface area contributed by atoms with Gasteiger partial charge >= 0.3 is 0 Å². The van der Waals surface area contributed by atoms with Crippen LogP contribution in [-0.4, -0.2) is 43.7 Å². The number of rotatable bonds is 5. The lowest BCUT2D eigenvalue weighted by Crippen LogP contribution is -2.37. The van der Waals surface area contributed by atoms with Crippen LogP contribution in [-0.2, 0) is 9.53 Å². The largest absolute Gasteiger partial charge is 0.491 e. The van der Waals surface area contributed by atoms with Crippen LogP contribution in [0.15, 0.2) is 24.3 Å². The number of hydrogen-bond acceptors (Lipinski definition) is 3. The number of carbonyl (C=O) groups is 1. The summed E-state index contributed by atoms with van der Waals surface area (Å²) in [6.45, 7) is 3.52. The zero-order valence-corrected chi connectivity index (χ0v) is 13.4. The van der Waals surface area contributed by atoms with Crippen LogP contribution in [0.2, 0.25) is 0 Å². The van der Waals surface area contributed by atoms with Gasteiger partial charge in [-0.3, -0.25) is 4.79 Å². The van der Waals surface area contributed by atoms with Gasteiger partial charge in [-0.1, -0.05) is 12.1 Å². The Bertz CT molecular complexity index is 531. The minimum atomic E-state index is -0.324. The first kappa shape index (κ1) is 16.2. The smallest absolute Gasteiger partial charge is 0.225 e. The Morgan fingerprint density at radius 1 is 1.26 bits per heavy atom. The molecule has 2 heterocycles. The molecule has 2 fully saturated rings. The van der Waals surface area contributed by atoms with E-state index in [1.807, 2.05) is 4.90 Å². The lowest BCUT2D eigenvalue weighted by atomic mass is 9.99. The quantitative estimate of drug-likeness (QED) is 0.837. The third kappa shape index (κ3) is 4.22. The fourth-order valence-corrected chi connectivity index (χ4v) is 3.37. The van der Waals surface area contributed by atoms with E-state index in [1.165, 1.54) is 6.07 Å². The molecule has 0 radical (unpaired) electrons. The molecule has 0 saturated carbocycles. The van der Waals surface area contributed by atoms with Gasteiger partial charge in [0.25, 0.3) is 0 Å². The van der Waals surface area contributed by atoms with Crippen molar-refractivity contribution in [2.24, 2.45) is 11.8 Å². The molecule has 3 rings (SSSR count). The van der Waals surface area contributed by atoms with Crippen LogP contribution in [0.1, 0.15) is 25.7 Å². The first-order valence-electron chi connectivity index (χ1n) is 8.48. The van der Waals surface area contributed by atoms with Crippen LogP contribution < -0.4 is 4.74 Å². The van der Waals surface area contributed by atoms with Gasteiger partial charge in [-0.25, -0.2) is 4.39 Å². The molecule has 2 aliphatic rings.